The first-order valence-corrected chi connectivity index (χ1v) is 8.89. The molecule has 1 fully saturated rings. The van der Waals surface area contributed by atoms with E-state index in [1.54, 1.807) is 11.3 Å². The molecule has 0 saturated carbocycles. The Hall–Kier alpha value is -1.43. The Labute approximate surface area is 136 Å². The van der Waals surface area contributed by atoms with Crippen molar-refractivity contribution in [3.8, 4) is 0 Å². The zero-order valence-electron chi connectivity index (χ0n) is 13.6. The van der Waals surface area contributed by atoms with Crippen LogP contribution in [0.3, 0.4) is 0 Å². The Morgan fingerprint density at radius 2 is 2.27 bits per heavy atom. The van der Waals surface area contributed by atoms with Crippen LogP contribution in [0.15, 0.2) is 5.38 Å². The molecule has 1 aromatic heterocycles. The SMILES string of the molecule is CCC(=O)N1CCC[C@H](c2nc(CNC(=O)C(C)C)cs2)C1. The summed E-state index contributed by atoms with van der Waals surface area (Å²) in [6, 6.07) is 0. The van der Waals surface area contributed by atoms with Gasteiger partial charge in [0.2, 0.25) is 11.8 Å². The van der Waals surface area contributed by atoms with E-state index in [9.17, 15) is 9.59 Å². The Balaban J connectivity index is 1.93. The predicted octanol–water partition coefficient (Wildman–Crippen LogP) is 2.53. The number of hydrogen-bond acceptors (Lipinski definition) is 4. The van der Waals surface area contributed by atoms with Crippen LogP contribution in [0.1, 0.15) is 56.7 Å². The summed E-state index contributed by atoms with van der Waals surface area (Å²) in [5.41, 5.74) is 0.910. The van der Waals surface area contributed by atoms with E-state index in [0.717, 1.165) is 36.6 Å². The van der Waals surface area contributed by atoms with E-state index in [4.69, 9.17) is 0 Å². The highest BCUT2D eigenvalue weighted by Gasteiger charge is 2.25. The van der Waals surface area contributed by atoms with Gasteiger partial charge in [-0.3, -0.25) is 9.59 Å². The van der Waals surface area contributed by atoms with Crippen molar-refractivity contribution in [3.63, 3.8) is 0 Å². The average molecular weight is 323 g/mol. The van der Waals surface area contributed by atoms with E-state index in [1.165, 1.54) is 0 Å². The first-order chi connectivity index (χ1) is 10.5. The fourth-order valence-electron chi connectivity index (χ4n) is 2.60. The molecule has 1 aliphatic rings. The Morgan fingerprint density at radius 1 is 1.50 bits per heavy atom. The molecule has 22 heavy (non-hydrogen) atoms. The second kappa shape index (κ2) is 7.72. The highest BCUT2D eigenvalue weighted by Crippen LogP contribution is 2.29. The number of nitrogens with zero attached hydrogens (tertiary/aromatic N) is 2. The number of hydrogen-bond donors (Lipinski definition) is 1. The molecule has 0 aromatic carbocycles. The number of nitrogens with one attached hydrogen (secondary N) is 1. The number of aromatic nitrogens is 1. The van der Waals surface area contributed by atoms with Crippen LogP contribution in [0, 0.1) is 5.92 Å². The molecule has 0 bridgehead atoms. The number of carbonyl (C=O) groups is 2. The molecule has 1 atom stereocenters. The molecular formula is C16H25N3O2S. The molecule has 2 amide bonds. The van der Waals surface area contributed by atoms with Gasteiger partial charge in [-0.05, 0) is 12.8 Å². The van der Waals surface area contributed by atoms with Crippen molar-refractivity contribution in [2.75, 3.05) is 13.1 Å². The van der Waals surface area contributed by atoms with Crippen LogP contribution in [-0.2, 0) is 16.1 Å². The summed E-state index contributed by atoms with van der Waals surface area (Å²) in [6.45, 7) is 7.79. The van der Waals surface area contributed by atoms with E-state index >= 15 is 0 Å². The molecule has 5 nitrogen and oxygen atoms in total. The second-order valence-electron chi connectivity index (χ2n) is 6.08. The number of thiazole rings is 1. The normalized spacial score (nSPS) is 18.5. The summed E-state index contributed by atoms with van der Waals surface area (Å²) >= 11 is 1.64. The number of rotatable bonds is 5. The van der Waals surface area contributed by atoms with Gasteiger partial charge in [0.05, 0.1) is 17.2 Å². The molecular weight excluding hydrogens is 298 g/mol. The molecule has 1 saturated heterocycles. The third-order valence-corrected chi connectivity index (χ3v) is 5.02. The lowest BCUT2D eigenvalue weighted by atomic mass is 9.98. The summed E-state index contributed by atoms with van der Waals surface area (Å²) in [7, 11) is 0. The van der Waals surface area contributed by atoms with Gasteiger partial charge < -0.3 is 10.2 Å². The van der Waals surface area contributed by atoms with Crippen LogP contribution < -0.4 is 5.32 Å². The van der Waals surface area contributed by atoms with Gasteiger partial charge in [0.1, 0.15) is 0 Å². The van der Waals surface area contributed by atoms with E-state index in [0.29, 0.717) is 18.9 Å². The van der Waals surface area contributed by atoms with Crippen LogP contribution in [-0.4, -0.2) is 34.8 Å². The van der Waals surface area contributed by atoms with E-state index in [2.05, 4.69) is 10.3 Å². The first-order valence-electron chi connectivity index (χ1n) is 8.01. The van der Waals surface area contributed by atoms with Gasteiger partial charge in [-0.25, -0.2) is 4.98 Å². The van der Waals surface area contributed by atoms with Gasteiger partial charge in [-0.2, -0.15) is 0 Å². The molecule has 2 heterocycles. The minimum Gasteiger partial charge on any atom is -0.350 e. The molecule has 2 rings (SSSR count). The zero-order valence-corrected chi connectivity index (χ0v) is 14.4. The van der Waals surface area contributed by atoms with Gasteiger partial charge in [0.15, 0.2) is 0 Å². The van der Waals surface area contributed by atoms with Crippen LogP contribution >= 0.6 is 11.3 Å². The summed E-state index contributed by atoms with van der Waals surface area (Å²) < 4.78 is 0. The lowest BCUT2D eigenvalue weighted by Crippen LogP contribution is -2.38. The van der Waals surface area contributed by atoms with E-state index in [-0.39, 0.29) is 17.7 Å². The quantitative estimate of drug-likeness (QED) is 0.906. The van der Waals surface area contributed by atoms with Crippen molar-refractivity contribution >= 4 is 23.2 Å². The fourth-order valence-corrected chi connectivity index (χ4v) is 3.55. The molecule has 122 valence electrons. The summed E-state index contributed by atoms with van der Waals surface area (Å²) in [6.07, 6.45) is 2.69. The number of piperidine rings is 1. The minimum absolute atomic E-state index is 0.00920. The van der Waals surface area contributed by atoms with Gasteiger partial charge >= 0.3 is 0 Å². The molecule has 0 unspecified atom stereocenters. The van der Waals surface area contributed by atoms with Gasteiger partial charge in [0, 0.05) is 36.7 Å². The van der Waals surface area contributed by atoms with E-state index in [1.807, 2.05) is 31.1 Å². The van der Waals surface area contributed by atoms with Crippen LogP contribution in [0.5, 0.6) is 0 Å². The molecule has 1 N–H and O–H groups in total. The topological polar surface area (TPSA) is 62.3 Å². The number of likely N-dealkylation sites (tertiary alicyclic amines) is 1. The molecule has 0 spiro atoms. The third kappa shape index (κ3) is 4.29. The Kier molecular flexibility index (Phi) is 5.94. The van der Waals surface area contributed by atoms with Crippen molar-refractivity contribution in [2.24, 2.45) is 5.92 Å². The summed E-state index contributed by atoms with van der Waals surface area (Å²) in [4.78, 5) is 30.1. The minimum atomic E-state index is -0.00920. The van der Waals surface area contributed by atoms with Crippen LogP contribution in [0.4, 0.5) is 0 Å². The molecule has 1 aromatic rings. The second-order valence-corrected chi connectivity index (χ2v) is 6.97. The van der Waals surface area contributed by atoms with Crippen LogP contribution in [0.2, 0.25) is 0 Å². The van der Waals surface area contributed by atoms with Gasteiger partial charge in [-0.15, -0.1) is 11.3 Å². The smallest absolute Gasteiger partial charge is 0.222 e. The predicted molar refractivity (Wildman–Crippen MR) is 87.6 cm³/mol. The zero-order chi connectivity index (χ0) is 16.1. The van der Waals surface area contributed by atoms with Crippen LogP contribution in [0.25, 0.3) is 0 Å². The number of carbonyl (C=O) groups excluding carboxylic acids is 2. The first kappa shape index (κ1) is 16.9. The lowest BCUT2D eigenvalue weighted by Gasteiger charge is -2.31. The monoisotopic (exact) mass is 323 g/mol. The van der Waals surface area contributed by atoms with E-state index < -0.39 is 0 Å². The standard InChI is InChI=1S/C16H25N3O2S/c1-4-14(20)19-7-5-6-12(9-19)16-18-13(10-22-16)8-17-15(21)11(2)3/h10-12H,4-9H2,1-3H3,(H,17,21)/t12-/m0/s1. The van der Waals surface area contributed by atoms with Crippen molar-refractivity contribution in [1.29, 1.82) is 0 Å². The number of amides is 2. The highest BCUT2D eigenvalue weighted by atomic mass is 32.1. The van der Waals surface area contributed by atoms with Gasteiger partial charge in [0.25, 0.3) is 0 Å². The fraction of sp³-hybridized carbons (Fsp3) is 0.688. The Morgan fingerprint density at radius 3 is 2.95 bits per heavy atom. The highest BCUT2D eigenvalue weighted by molar-refractivity contribution is 7.09. The van der Waals surface area contributed by atoms with Crippen molar-refractivity contribution < 1.29 is 9.59 Å². The van der Waals surface area contributed by atoms with Crippen molar-refractivity contribution in [2.45, 2.75) is 52.5 Å². The Bertz CT molecular complexity index is 527. The molecule has 0 aliphatic carbocycles. The largest absolute Gasteiger partial charge is 0.350 e. The maximum absolute atomic E-state index is 11.9. The summed E-state index contributed by atoms with van der Waals surface area (Å²) in [5, 5.41) is 5.99. The average Bonchev–Trinajstić information content (AvgIpc) is 3.00. The molecule has 1 aliphatic heterocycles. The molecule has 6 heteroatoms. The van der Waals surface area contributed by atoms with Gasteiger partial charge in [-0.1, -0.05) is 20.8 Å². The molecule has 0 radical (unpaired) electrons. The maximum atomic E-state index is 11.9. The third-order valence-electron chi connectivity index (χ3n) is 3.96. The van der Waals surface area contributed by atoms with Crippen molar-refractivity contribution in [3.05, 3.63) is 16.1 Å². The van der Waals surface area contributed by atoms with Crippen molar-refractivity contribution in [1.82, 2.24) is 15.2 Å². The maximum Gasteiger partial charge on any atom is 0.222 e. The summed E-state index contributed by atoms with van der Waals surface area (Å²) in [5.74, 6) is 0.603. The lowest BCUT2D eigenvalue weighted by molar-refractivity contribution is -0.132.